The number of ether oxygens (including phenoxy) is 2. The van der Waals surface area contributed by atoms with E-state index in [1.54, 1.807) is 25.1 Å². The van der Waals surface area contributed by atoms with Crippen molar-refractivity contribution in [3.8, 4) is 5.75 Å². The van der Waals surface area contributed by atoms with E-state index in [9.17, 15) is 4.79 Å². The van der Waals surface area contributed by atoms with Gasteiger partial charge in [-0.3, -0.25) is 4.79 Å². The smallest absolute Gasteiger partial charge is 0.305 e. The molecule has 0 fully saturated rings. The lowest BCUT2D eigenvalue weighted by atomic mass is 10.3. The maximum absolute atomic E-state index is 11.0. The highest BCUT2D eigenvalue weighted by molar-refractivity contribution is 6.35. The average Bonchev–Trinajstić information content (AvgIpc) is 2.31. The first-order valence-electron chi connectivity index (χ1n) is 5.80. The SMILES string of the molecule is CCC(=O)OC(C)CCOc1ccc(Cl)cc1Cl. The zero-order valence-electron chi connectivity index (χ0n) is 10.4. The molecule has 0 aliphatic heterocycles. The summed E-state index contributed by atoms with van der Waals surface area (Å²) < 4.78 is 10.6. The summed E-state index contributed by atoms with van der Waals surface area (Å²) in [5.41, 5.74) is 0. The van der Waals surface area contributed by atoms with Gasteiger partial charge >= 0.3 is 5.97 Å². The van der Waals surface area contributed by atoms with Crippen molar-refractivity contribution in [1.29, 1.82) is 0 Å². The predicted octanol–water partition coefficient (Wildman–Crippen LogP) is 4.10. The number of hydrogen-bond donors (Lipinski definition) is 0. The number of halogens is 2. The van der Waals surface area contributed by atoms with Gasteiger partial charge in [0.15, 0.2) is 0 Å². The Morgan fingerprint density at radius 1 is 1.39 bits per heavy atom. The molecule has 1 atom stereocenters. The second-order valence-electron chi connectivity index (χ2n) is 3.87. The Labute approximate surface area is 117 Å². The highest BCUT2D eigenvalue weighted by atomic mass is 35.5. The van der Waals surface area contributed by atoms with Crippen LogP contribution in [0.4, 0.5) is 0 Å². The quantitative estimate of drug-likeness (QED) is 0.740. The molecule has 0 aliphatic carbocycles. The molecule has 1 aromatic carbocycles. The first kappa shape index (κ1) is 15.1. The molecule has 0 saturated carbocycles. The van der Waals surface area contributed by atoms with Crippen LogP contribution in [0.25, 0.3) is 0 Å². The number of hydrogen-bond acceptors (Lipinski definition) is 3. The summed E-state index contributed by atoms with van der Waals surface area (Å²) in [5, 5.41) is 1.04. The third-order valence-electron chi connectivity index (χ3n) is 2.30. The number of benzene rings is 1. The van der Waals surface area contributed by atoms with Crippen molar-refractivity contribution in [3.63, 3.8) is 0 Å². The molecule has 0 aromatic heterocycles. The zero-order chi connectivity index (χ0) is 13.5. The van der Waals surface area contributed by atoms with Crippen LogP contribution in [0.2, 0.25) is 10.0 Å². The van der Waals surface area contributed by atoms with Crippen LogP contribution in [0.1, 0.15) is 26.7 Å². The second kappa shape index (κ2) is 7.49. The largest absolute Gasteiger partial charge is 0.492 e. The van der Waals surface area contributed by atoms with E-state index in [2.05, 4.69) is 0 Å². The molecule has 0 radical (unpaired) electrons. The molecular formula is C13H16Cl2O3. The normalized spacial score (nSPS) is 12.0. The minimum absolute atomic E-state index is 0.163. The summed E-state index contributed by atoms with van der Waals surface area (Å²) in [6.07, 6.45) is 0.836. The molecule has 5 heteroatoms. The number of carbonyl (C=O) groups is 1. The van der Waals surface area contributed by atoms with Crippen LogP contribution in [0.15, 0.2) is 18.2 Å². The molecule has 1 rings (SSSR count). The van der Waals surface area contributed by atoms with Crippen LogP contribution < -0.4 is 4.74 Å². The molecule has 0 amide bonds. The standard InChI is InChI=1S/C13H16Cl2O3/c1-3-13(16)18-9(2)6-7-17-12-5-4-10(14)8-11(12)15/h4-5,8-9H,3,6-7H2,1-2H3. The Bertz CT molecular complexity index is 407. The lowest BCUT2D eigenvalue weighted by Gasteiger charge is -2.13. The van der Waals surface area contributed by atoms with Crippen LogP contribution in [-0.2, 0) is 9.53 Å². The predicted molar refractivity (Wildman–Crippen MR) is 72.4 cm³/mol. The van der Waals surface area contributed by atoms with Gasteiger partial charge in [-0.25, -0.2) is 0 Å². The minimum atomic E-state index is -0.202. The van der Waals surface area contributed by atoms with Crippen LogP contribution in [-0.4, -0.2) is 18.7 Å². The van der Waals surface area contributed by atoms with Gasteiger partial charge in [0.25, 0.3) is 0 Å². The van der Waals surface area contributed by atoms with Crippen molar-refractivity contribution in [1.82, 2.24) is 0 Å². The summed E-state index contributed by atoms with van der Waals surface area (Å²) in [4.78, 5) is 11.0. The lowest BCUT2D eigenvalue weighted by molar-refractivity contribution is -0.148. The molecule has 0 heterocycles. The van der Waals surface area contributed by atoms with Crippen LogP contribution in [0, 0.1) is 0 Å². The molecule has 0 N–H and O–H groups in total. The van der Waals surface area contributed by atoms with Gasteiger partial charge in [-0.05, 0) is 25.1 Å². The van der Waals surface area contributed by atoms with Crippen molar-refractivity contribution in [2.75, 3.05) is 6.61 Å². The maximum Gasteiger partial charge on any atom is 0.305 e. The topological polar surface area (TPSA) is 35.5 Å². The molecule has 0 bridgehead atoms. The van der Waals surface area contributed by atoms with Gasteiger partial charge in [0.05, 0.1) is 11.6 Å². The molecule has 0 spiro atoms. The van der Waals surface area contributed by atoms with Gasteiger partial charge in [0.2, 0.25) is 0 Å². The Hall–Kier alpha value is -0.930. The fourth-order valence-corrected chi connectivity index (χ4v) is 1.76. The highest BCUT2D eigenvalue weighted by Gasteiger charge is 2.08. The molecule has 1 unspecified atom stereocenters. The Kier molecular flexibility index (Phi) is 6.30. The van der Waals surface area contributed by atoms with Crippen molar-refractivity contribution in [2.24, 2.45) is 0 Å². The summed E-state index contributed by atoms with van der Waals surface area (Å²) in [6.45, 7) is 4.03. The molecule has 0 saturated heterocycles. The summed E-state index contributed by atoms with van der Waals surface area (Å²) >= 11 is 11.7. The summed E-state index contributed by atoms with van der Waals surface area (Å²) in [7, 11) is 0. The van der Waals surface area contributed by atoms with E-state index in [0.717, 1.165) is 0 Å². The van der Waals surface area contributed by atoms with E-state index in [1.165, 1.54) is 0 Å². The summed E-state index contributed by atoms with van der Waals surface area (Å²) in [6, 6.07) is 5.05. The van der Waals surface area contributed by atoms with Gasteiger partial charge in [0.1, 0.15) is 11.9 Å². The zero-order valence-corrected chi connectivity index (χ0v) is 11.9. The van der Waals surface area contributed by atoms with Crippen molar-refractivity contribution < 1.29 is 14.3 Å². The highest BCUT2D eigenvalue weighted by Crippen LogP contribution is 2.27. The van der Waals surface area contributed by atoms with Gasteiger partial charge in [-0.1, -0.05) is 30.1 Å². The maximum atomic E-state index is 11.0. The average molecular weight is 291 g/mol. The first-order valence-corrected chi connectivity index (χ1v) is 6.55. The molecule has 100 valence electrons. The molecule has 3 nitrogen and oxygen atoms in total. The van der Waals surface area contributed by atoms with Gasteiger partial charge in [0, 0.05) is 17.9 Å². The lowest BCUT2D eigenvalue weighted by Crippen LogP contribution is -2.17. The van der Waals surface area contributed by atoms with Gasteiger partial charge in [-0.2, -0.15) is 0 Å². The van der Waals surface area contributed by atoms with Crippen molar-refractivity contribution in [2.45, 2.75) is 32.8 Å². The van der Waals surface area contributed by atoms with Gasteiger partial charge < -0.3 is 9.47 Å². The molecule has 18 heavy (non-hydrogen) atoms. The van der Waals surface area contributed by atoms with E-state index in [0.29, 0.717) is 35.2 Å². The third kappa shape index (κ3) is 5.15. The number of rotatable bonds is 6. The van der Waals surface area contributed by atoms with Crippen molar-refractivity contribution >= 4 is 29.2 Å². The fraction of sp³-hybridized carbons (Fsp3) is 0.462. The van der Waals surface area contributed by atoms with Gasteiger partial charge in [-0.15, -0.1) is 0 Å². The molecule has 1 aromatic rings. The monoisotopic (exact) mass is 290 g/mol. The Balaban J connectivity index is 2.35. The van der Waals surface area contributed by atoms with Crippen LogP contribution in [0.3, 0.4) is 0 Å². The first-order chi connectivity index (χ1) is 8.52. The number of esters is 1. The van der Waals surface area contributed by atoms with E-state index >= 15 is 0 Å². The fourth-order valence-electron chi connectivity index (χ4n) is 1.29. The Morgan fingerprint density at radius 3 is 2.72 bits per heavy atom. The Morgan fingerprint density at radius 2 is 2.11 bits per heavy atom. The number of carbonyl (C=O) groups excluding carboxylic acids is 1. The van der Waals surface area contributed by atoms with E-state index in [-0.39, 0.29) is 12.1 Å². The third-order valence-corrected chi connectivity index (χ3v) is 2.83. The second-order valence-corrected chi connectivity index (χ2v) is 4.71. The molecule has 0 aliphatic rings. The van der Waals surface area contributed by atoms with Crippen LogP contribution in [0.5, 0.6) is 5.75 Å². The van der Waals surface area contributed by atoms with E-state index in [1.807, 2.05) is 6.92 Å². The minimum Gasteiger partial charge on any atom is -0.492 e. The van der Waals surface area contributed by atoms with E-state index in [4.69, 9.17) is 32.7 Å². The van der Waals surface area contributed by atoms with Crippen LogP contribution >= 0.6 is 23.2 Å². The molecular weight excluding hydrogens is 275 g/mol. The summed E-state index contributed by atoms with van der Waals surface area (Å²) in [5.74, 6) is 0.377. The van der Waals surface area contributed by atoms with E-state index < -0.39 is 0 Å². The van der Waals surface area contributed by atoms with Crippen molar-refractivity contribution in [3.05, 3.63) is 28.2 Å².